The van der Waals surface area contributed by atoms with E-state index in [-0.39, 0.29) is 26.7 Å². The zero-order chi connectivity index (χ0) is 16.8. The van der Waals surface area contributed by atoms with Crippen molar-refractivity contribution in [3.05, 3.63) is 70.1 Å². The van der Waals surface area contributed by atoms with Crippen molar-refractivity contribution in [1.82, 2.24) is 4.31 Å². The number of benzene rings is 2. The van der Waals surface area contributed by atoms with Gasteiger partial charge in [-0.25, -0.2) is 12.8 Å². The second-order valence-corrected chi connectivity index (χ2v) is 7.31. The molecule has 1 aliphatic rings. The molecule has 23 heavy (non-hydrogen) atoms. The lowest BCUT2D eigenvalue weighted by Gasteiger charge is -2.28. The molecule has 1 aliphatic heterocycles. The standard InChI is InChI=1S/C16H11ClFNO3S/c1-19-14(9-11-12(17)6-4-7-13(11)18)16(20)10-5-2-3-8-15(10)23(19,21)22/h2-9H,1H3/b14-9+. The molecule has 118 valence electrons. The monoisotopic (exact) mass is 351 g/mol. The maximum atomic E-state index is 13.9. The number of carbonyl (C=O) groups is 1. The van der Waals surface area contributed by atoms with Gasteiger partial charge in [-0.1, -0.05) is 29.8 Å². The molecular formula is C16H11ClFNO3S. The summed E-state index contributed by atoms with van der Waals surface area (Å²) in [7, 11) is -2.62. The average Bonchev–Trinajstić information content (AvgIpc) is 2.52. The highest BCUT2D eigenvalue weighted by atomic mass is 35.5. The van der Waals surface area contributed by atoms with Gasteiger partial charge in [-0.15, -0.1) is 0 Å². The molecule has 7 heteroatoms. The van der Waals surface area contributed by atoms with Crippen molar-refractivity contribution in [2.75, 3.05) is 7.05 Å². The van der Waals surface area contributed by atoms with E-state index in [0.29, 0.717) is 0 Å². The highest BCUT2D eigenvalue weighted by Crippen LogP contribution is 2.33. The maximum absolute atomic E-state index is 13.9. The van der Waals surface area contributed by atoms with Crippen molar-refractivity contribution in [3.63, 3.8) is 0 Å². The van der Waals surface area contributed by atoms with Gasteiger partial charge in [0, 0.05) is 18.2 Å². The summed E-state index contributed by atoms with van der Waals surface area (Å²) in [4.78, 5) is 12.5. The number of sulfonamides is 1. The largest absolute Gasteiger partial charge is 0.287 e. The van der Waals surface area contributed by atoms with Crippen LogP contribution >= 0.6 is 11.6 Å². The lowest BCUT2D eigenvalue weighted by atomic mass is 10.1. The molecule has 1 heterocycles. The van der Waals surface area contributed by atoms with Crippen LogP contribution in [0.5, 0.6) is 0 Å². The van der Waals surface area contributed by atoms with Crippen molar-refractivity contribution < 1.29 is 17.6 Å². The van der Waals surface area contributed by atoms with E-state index in [9.17, 15) is 17.6 Å². The Morgan fingerprint density at radius 1 is 1.13 bits per heavy atom. The third-order valence-corrected chi connectivity index (χ3v) is 5.78. The van der Waals surface area contributed by atoms with Crippen molar-refractivity contribution in [2.45, 2.75) is 4.90 Å². The Kier molecular flexibility index (Phi) is 3.74. The molecule has 2 aromatic rings. The molecule has 0 fully saturated rings. The summed E-state index contributed by atoms with van der Waals surface area (Å²) in [5.41, 5.74) is -0.126. The van der Waals surface area contributed by atoms with Gasteiger partial charge in [0.05, 0.1) is 9.92 Å². The number of halogens is 2. The molecule has 0 atom stereocenters. The molecule has 0 saturated carbocycles. The Hall–Kier alpha value is -2.18. The fraction of sp³-hybridized carbons (Fsp3) is 0.0625. The summed E-state index contributed by atoms with van der Waals surface area (Å²) in [6.45, 7) is 0. The second-order valence-electron chi connectivity index (χ2n) is 4.96. The Morgan fingerprint density at radius 3 is 2.52 bits per heavy atom. The number of hydrogen-bond acceptors (Lipinski definition) is 3. The van der Waals surface area contributed by atoms with Crippen molar-refractivity contribution in [3.8, 4) is 0 Å². The van der Waals surface area contributed by atoms with Crippen LogP contribution in [0, 0.1) is 5.82 Å². The zero-order valence-electron chi connectivity index (χ0n) is 12.0. The highest BCUT2D eigenvalue weighted by Gasteiger charge is 2.37. The topological polar surface area (TPSA) is 54.5 Å². The van der Waals surface area contributed by atoms with E-state index in [0.717, 1.165) is 10.4 Å². The van der Waals surface area contributed by atoms with Gasteiger partial charge < -0.3 is 0 Å². The van der Waals surface area contributed by atoms with Crippen LogP contribution in [0.1, 0.15) is 15.9 Å². The third-order valence-electron chi connectivity index (χ3n) is 3.62. The van der Waals surface area contributed by atoms with E-state index >= 15 is 0 Å². The normalized spacial score (nSPS) is 18.1. The van der Waals surface area contributed by atoms with Gasteiger partial charge in [0.15, 0.2) is 0 Å². The molecule has 0 radical (unpaired) electrons. The van der Waals surface area contributed by atoms with Gasteiger partial charge in [0.2, 0.25) is 5.78 Å². The van der Waals surface area contributed by atoms with Crippen LogP contribution in [0.15, 0.2) is 53.1 Å². The minimum absolute atomic E-state index is 0.0288. The molecule has 4 nitrogen and oxygen atoms in total. The minimum atomic E-state index is -3.87. The van der Waals surface area contributed by atoms with Gasteiger partial charge in [-0.2, -0.15) is 0 Å². The van der Waals surface area contributed by atoms with E-state index in [1.807, 2.05) is 0 Å². The molecule has 0 spiro atoms. The molecule has 0 saturated heterocycles. The van der Waals surface area contributed by atoms with Crippen molar-refractivity contribution >= 4 is 33.5 Å². The zero-order valence-corrected chi connectivity index (χ0v) is 13.5. The molecule has 0 amide bonds. The van der Waals surface area contributed by atoms with Crippen LogP contribution in [0.25, 0.3) is 6.08 Å². The van der Waals surface area contributed by atoms with Gasteiger partial charge >= 0.3 is 0 Å². The molecule has 0 N–H and O–H groups in total. The molecule has 0 bridgehead atoms. The van der Waals surface area contributed by atoms with Crippen molar-refractivity contribution in [2.24, 2.45) is 0 Å². The van der Waals surface area contributed by atoms with Gasteiger partial charge in [0.25, 0.3) is 10.0 Å². The van der Waals surface area contributed by atoms with Gasteiger partial charge in [-0.3, -0.25) is 9.10 Å². The first kappa shape index (κ1) is 15.7. The first-order valence-electron chi connectivity index (χ1n) is 6.62. The second kappa shape index (κ2) is 5.47. The smallest absolute Gasteiger partial charge is 0.264 e. The first-order chi connectivity index (χ1) is 10.8. The average molecular weight is 352 g/mol. The minimum Gasteiger partial charge on any atom is -0.287 e. The number of fused-ring (bicyclic) bond motifs is 1. The third kappa shape index (κ3) is 2.44. The number of Topliss-reactive ketones (excluding diaryl/α,β-unsaturated/α-hetero) is 1. The number of nitrogens with zero attached hydrogens (tertiary/aromatic N) is 1. The molecule has 0 aromatic heterocycles. The van der Waals surface area contributed by atoms with E-state index < -0.39 is 21.6 Å². The first-order valence-corrected chi connectivity index (χ1v) is 8.44. The summed E-state index contributed by atoms with van der Waals surface area (Å²) in [6.07, 6.45) is 1.16. The summed E-state index contributed by atoms with van der Waals surface area (Å²) in [5, 5.41) is 0.0926. The number of rotatable bonds is 1. The van der Waals surface area contributed by atoms with Gasteiger partial charge in [-0.05, 0) is 30.3 Å². The molecule has 0 unspecified atom stereocenters. The number of allylic oxidation sites excluding steroid dienone is 1. The highest BCUT2D eigenvalue weighted by molar-refractivity contribution is 7.89. The lowest BCUT2D eigenvalue weighted by molar-refractivity contribution is 0.101. The predicted molar refractivity (Wildman–Crippen MR) is 85.1 cm³/mol. The summed E-state index contributed by atoms with van der Waals surface area (Å²) in [6, 6.07) is 10.00. The van der Waals surface area contributed by atoms with E-state index in [4.69, 9.17) is 11.6 Å². The molecule has 0 aliphatic carbocycles. The van der Waals surface area contributed by atoms with Crippen LogP contribution in [-0.4, -0.2) is 25.6 Å². The number of hydrogen-bond donors (Lipinski definition) is 0. The predicted octanol–water partition coefficient (Wildman–Crippen LogP) is 3.34. The van der Waals surface area contributed by atoms with Gasteiger partial charge in [0.1, 0.15) is 11.5 Å². The molecule has 3 rings (SSSR count). The number of likely N-dealkylation sites (N-methyl/N-ethyl adjacent to an activating group) is 1. The summed E-state index contributed by atoms with van der Waals surface area (Å²) in [5.74, 6) is -1.14. The molecule has 2 aromatic carbocycles. The van der Waals surface area contributed by atoms with Crippen LogP contribution in [-0.2, 0) is 10.0 Å². The lowest BCUT2D eigenvalue weighted by Crippen LogP contribution is -2.36. The van der Waals surface area contributed by atoms with E-state index in [2.05, 4.69) is 0 Å². The summed E-state index contributed by atoms with van der Waals surface area (Å²) >= 11 is 5.95. The van der Waals surface area contributed by atoms with Crippen LogP contribution in [0.4, 0.5) is 4.39 Å². The van der Waals surface area contributed by atoms with E-state index in [1.54, 1.807) is 12.1 Å². The Balaban J connectivity index is 2.26. The van der Waals surface area contributed by atoms with E-state index in [1.165, 1.54) is 37.4 Å². The Labute approximate surface area is 137 Å². The van der Waals surface area contributed by atoms with Crippen LogP contribution in [0.2, 0.25) is 5.02 Å². The number of ketones is 1. The fourth-order valence-electron chi connectivity index (χ4n) is 2.38. The Morgan fingerprint density at radius 2 is 1.83 bits per heavy atom. The number of carbonyl (C=O) groups excluding carboxylic acids is 1. The van der Waals surface area contributed by atoms with Crippen LogP contribution in [0.3, 0.4) is 0 Å². The fourth-order valence-corrected chi connectivity index (χ4v) is 3.98. The van der Waals surface area contributed by atoms with Crippen molar-refractivity contribution in [1.29, 1.82) is 0 Å². The maximum Gasteiger partial charge on any atom is 0.264 e. The summed E-state index contributed by atoms with van der Waals surface area (Å²) < 4.78 is 39.8. The SMILES string of the molecule is CN1/C(=C/c2c(F)cccc2Cl)C(=O)c2ccccc2S1(=O)=O. The molecular weight excluding hydrogens is 341 g/mol. The Bertz CT molecular complexity index is 933. The quantitative estimate of drug-likeness (QED) is 0.740. The van der Waals surface area contributed by atoms with Crippen LogP contribution < -0.4 is 0 Å².